The second kappa shape index (κ2) is 9.17. The summed E-state index contributed by atoms with van der Waals surface area (Å²) in [5.74, 6) is -2.85. The first kappa shape index (κ1) is 30.8. The summed E-state index contributed by atoms with van der Waals surface area (Å²) >= 11 is 0. The zero-order valence-electron chi connectivity index (χ0n) is 25.3. The van der Waals surface area contributed by atoms with Gasteiger partial charge in [-0.15, -0.1) is 0 Å². The van der Waals surface area contributed by atoms with Crippen molar-refractivity contribution >= 4 is 23.3 Å². The minimum atomic E-state index is -1.99. The molecule has 4 aliphatic carbocycles. The molecule has 0 aliphatic heterocycles. The average molecular weight is 559 g/mol. The first-order valence-corrected chi connectivity index (χ1v) is 14.4. The minimum absolute atomic E-state index is 0.0284. The van der Waals surface area contributed by atoms with Crippen LogP contribution < -0.4 is 0 Å². The summed E-state index contributed by atoms with van der Waals surface area (Å²) in [6.45, 7) is 15.4. The number of Topliss-reactive ketones (excluding diaryl/α,β-unsaturated/α-hetero) is 2. The van der Waals surface area contributed by atoms with Crippen LogP contribution >= 0.6 is 0 Å². The average Bonchev–Trinajstić information content (AvgIpc) is 3.01. The number of esters is 1. The van der Waals surface area contributed by atoms with Gasteiger partial charge in [-0.25, -0.2) is 0 Å². The van der Waals surface area contributed by atoms with Crippen molar-refractivity contribution in [2.45, 2.75) is 111 Å². The Hall–Kier alpha value is -2.16. The number of hydrogen-bond acceptors (Lipinski definition) is 8. The van der Waals surface area contributed by atoms with E-state index in [9.17, 15) is 34.5 Å². The van der Waals surface area contributed by atoms with Crippen LogP contribution in [0.1, 0.15) is 88.0 Å². The van der Waals surface area contributed by atoms with Gasteiger partial charge in [0.2, 0.25) is 0 Å². The standard InChI is InChI=1S/C32H46O8/c1-17(33)40-27(2,3)13-12-23(36)32(9,39)25-21(35)15-29(6)22-11-10-18-19(14-20(34)26(38)28(18,4)5)31(22,8)24(37)16-30(25,29)7/h10,12-13,19-22,25,34-35,39H,11,14-16H2,1-9H3/b13-12+/t19-,20+,21?,22+,25+,29+,30-,31+,32+/m1/s1. The maximum absolute atomic E-state index is 14.3. The Kier molecular flexibility index (Phi) is 7.06. The van der Waals surface area contributed by atoms with Crippen LogP contribution in [0.4, 0.5) is 0 Å². The fourth-order valence-corrected chi connectivity index (χ4v) is 9.40. The van der Waals surface area contributed by atoms with Gasteiger partial charge in [-0.3, -0.25) is 19.2 Å². The van der Waals surface area contributed by atoms with Crippen LogP contribution in [0.2, 0.25) is 0 Å². The molecule has 0 aromatic heterocycles. The predicted octanol–water partition coefficient (Wildman–Crippen LogP) is 3.50. The molecule has 0 bridgehead atoms. The monoisotopic (exact) mass is 558 g/mol. The number of carbonyl (C=O) groups excluding carboxylic acids is 4. The van der Waals surface area contributed by atoms with Gasteiger partial charge in [0.15, 0.2) is 11.6 Å². The van der Waals surface area contributed by atoms with Crippen molar-refractivity contribution in [1.82, 2.24) is 0 Å². The summed E-state index contributed by atoms with van der Waals surface area (Å²) in [5.41, 5.74) is -5.43. The zero-order chi connectivity index (χ0) is 30.4. The molecule has 4 rings (SSSR count). The Morgan fingerprint density at radius 2 is 1.65 bits per heavy atom. The van der Waals surface area contributed by atoms with E-state index < -0.39 is 62.7 Å². The third-order valence-corrected chi connectivity index (χ3v) is 11.5. The summed E-state index contributed by atoms with van der Waals surface area (Å²) in [5, 5.41) is 34.0. The molecule has 0 heterocycles. The largest absolute Gasteiger partial charge is 0.456 e. The van der Waals surface area contributed by atoms with Gasteiger partial charge >= 0.3 is 5.97 Å². The van der Waals surface area contributed by atoms with Crippen molar-refractivity contribution in [2.24, 2.45) is 39.4 Å². The lowest BCUT2D eigenvalue weighted by Crippen LogP contribution is -2.65. The molecule has 3 fully saturated rings. The summed E-state index contributed by atoms with van der Waals surface area (Å²) in [6, 6.07) is 0. The second-order valence-corrected chi connectivity index (χ2v) is 14.8. The number of ketones is 3. The smallest absolute Gasteiger partial charge is 0.303 e. The highest BCUT2D eigenvalue weighted by Crippen LogP contribution is 2.74. The highest BCUT2D eigenvalue weighted by Gasteiger charge is 2.74. The second-order valence-electron chi connectivity index (χ2n) is 14.8. The molecule has 0 spiro atoms. The third kappa shape index (κ3) is 4.11. The van der Waals surface area contributed by atoms with Gasteiger partial charge in [0, 0.05) is 30.1 Å². The molecule has 8 nitrogen and oxygen atoms in total. The molecule has 222 valence electrons. The number of fused-ring (bicyclic) bond motifs is 5. The van der Waals surface area contributed by atoms with E-state index in [0.29, 0.717) is 12.8 Å². The molecule has 3 N–H and O–H groups in total. The summed E-state index contributed by atoms with van der Waals surface area (Å²) in [7, 11) is 0. The highest BCUT2D eigenvalue weighted by molar-refractivity contribution is 5.98. The van der Waals surface area contributed by atoms with Crippen LogP contribution in [0.15, 0.2) is 23.8 Å². The summed E-state index contributed by atoms with van der Waals surface area (Å²) in [6.07, 6.45) is 3.55. The molecule has 4 aliphatic rings. The molecule has 0 aromatic rings. The first-order chi connectivity index (χ1) is 18.1. The Bertz CT molecular complexity index is 1210. The van der Waals surface area contributed by atoms with Crippen LogP contribution in [0.3, 0.4) is 0 Å². The molecule has 3 saturated carbocycles. The Morgan fingerprint density at radius 3 is 2.23 bits per heavy atom. The molecule has 9 atom stereocenters. The normalized spacial score (nSPS) is 42.4. The Balaban J connectivity index is 1.75. The van der Waals surface area contributed by atoms with Crippen LogP contribution in [-0.4, -0.2) is 62.0 Å². The summed E-state index contributed by atoms with van der Waals surface area (Å²) < 4.78 is 5.23. The molecule has 0 amide bonds. The number of rotatable bonds is 5. The van der Waals surface area contributed by atoms with Gasteiger partial charge in [0.25, 0.3) is 0 Å². The SMILES string of the molecule is CC(=O)OC(C)(C)/C=C/C(=O)[C@](C)(O)[C@H]1C(O)C[C@@]2(C)[C@@H]3CC=C4[C@@H](C[C@H](O)C(=O)C4(C)C)[C@]3(C)C(=O)C[C@]12C. The molecular formula is C32H46O8. The van der Waals surface area contributed by atoms with Crippen LogP contribution in [0.25, 0.3) is 0 Å². The molecule has 8 heteroatoms. The van der Waals surface area contributed by atoms with E-state index >= 15 is 0 Å². The number of hydrogen-bond donors (Lipinski definition) is 3. The van der Waals surface area contributed by atoms with Crippen molar-refractivity contribution < 1.29 is 39.2 Å². The van der Waals surface area contributed by atoms with Gasteiger partial charge in [-0.1, -0.05) is 32.4 Å². The maximum atomic E-state index is 14.3. The molecule has 0 saturated heterocycles. The minimum Gasteiger partial charge on any atom is -0.456 e. The quantitative estimate of drug-likeness (QED) is 0.265. The first-order valence-electron chi connectivity index (χ1n) is 14.4. The van der Waals surface area contributed by atoms with Crippen LogP contribution in [-0.2, 0) is 23.9 Å². The molecule has 0 aromatic carbocycles. The van der Waals surface area contributed by atoms with E-state index in [2.05, 4.69) is 13.0 Å². The van der Waals surface area contributed by atoms with Crippen LogP contribution in [0, 0.1) is 39.4 Å². The number of aliphatic hydroxyl groups excluding tert-OH is 2. The van der Waals surface area contributed by atoms with Crippen molar-refractivity contribution in [3.8, 4) is 0 Å². The number of carbonyl (C=O) groups is 4. The molecule has 40 heavy (non-hydrogen) atoms. The Labute approximate surface area is 237 Å². The fourth-order valence-electron chi connectivity index (χ4n) is 9.40. The van der Waals surface area contributed by atoms with E-state index in [1.165, 1.54) is 26.0 Å². The number of ether oxygens (including phenoxy) is 1. The molecule has 1 unspecified atom stereocenters. The van der Waals surface area contributed by atoms with Gasteiger partial charge in [-0.05, 0) is 88.7 Å². The van der Waals surface area contributed by atoms with Crippen molar-refractivity contribution in [3.63, 3.8) is 0 Å². The van der Waals surface area contributed by atoms with Gasteiger partial charge in [-0.2, -0.15) is 0 Å². The lowest BCUT2D eigenvalue weighted by Gasteiger charge is -2.64. The predicted molar refractivity (Wildman–Crippen MR) is 148 cm³/mol. The van der Waals surface area contributed by atoms with Crippen LogP contribution in [0.5, 0.6) is 0 Å². The van der Waals surface area contributed by atoms with E-state index in [-0.39, 0.29) is 36.2 Å². The van der Waals surface area contributed by atoms with Crippen molar-refractivity contribution in [2.75, 3.05) is 0 Å². The zero-order valence-corrected chi connectivity index (χ0v) is 25.3. The molecule has 0 radical (unpaired) electrons. The van der Waals surface area contributed by atoms with Gasteiger partial charge in [0.1, 0.15) is 23.1 Å². The van der Waals surface area contributed by atoms with E-state index in [0.717, 1.165) is 5.57 Å². The third-order valence-electron chi connectivity index (χ3n) is 11.5. The fraction of sp³-hybridized carbons (Fsp3) is 0.750. The topological polar surface area (TPSA) is 138 Å². The van der Waals surface area contributed by atoms with Crippen molar-refractivity contribution in [1.29, 1.82) is 0 Å². The maximum Gasteiger partial charge on any atom is 0.303 e. The lowest BCUT2D eigenvalue weighted by molar-refractivity contribution is -0.183. The molecular weight excluding hydrogens is 512 g/mol. The van der Waals surface area contributed by atoms with Gasteiger partial charge in [0.05, 0.1) is 6.10 Å². The summed E-state index contributed by atoms with van der Waals surface area (Å²) in [4.78, 5) is 52.1. The van der Waals surface area contributed by atoms with Gasteiger partial charge < -0.3 is 20.1 Å². The highest BCUT2D eigenvalue weighted by atomic mass is 16.6. The lowest BCUT2D eigenvalue weighted by atomic mass is 9.38. The van der Waals surface area contributed by atoms with E-state index in [4.69, 9.17) is 4.74 Å². The van der Waals surface area contributed by atoms with E-state index in [1.54, 1.807) is 13.8 Å². The number of aliphatic hydroxyl groups is 3. The van der Waals surface area contributed by atoms with Crippen molar-refractivity contribution in [3.05, 3.63) is 23.8 Å². The number of allylic oxidation sites excluding steroid dienone is 2. The van der Waals surface area contributed by atoms with E-state index in [1.807, 2.05) is 27.7 Å². The Morgan fingerprint density at radius 1 is 1.05 bits per heavy atom.